The van der Waals surface area contributed by atoms with Gasteiger partial charge in [0.2, 0.25) is 0 Å². The van der Waals surface area contributed by atoms with Gasteiger partial charge in [0.15, 0.2) is 0 Å². The largest absolute Gasteiger partial charge is 0.461 e. The first-order chi connectivity index (χ1) is 12.3. The van der Waals surface area contributed by atoms with Crippen molar-refractivity contribution in [1.82, 2.24) is 0 Å². The normalized spacial score (nSPS) is 26.5. The van der Waals surface area contributed by atoms with Crippen molar-refractivity contribution in [3.8, 4) is 0 Å². The zero-order valence-electron chi connectivity index (χ0n) is 15.7. The van der Waals surface area contributed by atoms with Gasteiger partial charge in [0.25, 0.3) is 0 Å². The molecule has 1 saturated carbocycles. The zero-order valence-corrected chi connectivity index (χ0v) is 18.1. The van der Waals surface area contributed by atoms with E-state index in [1.165, 1.54) is 11.5 Å². The van der Waals surface area contributed by atoms with E-state index < -0.39 is 0 Å². The minimum atomic E-state index is -0.0722. The molecule has 0 N–H and O–H groups in total. The first-order valence-electron chi connectivity index (χ1n) is 9.15. The van der Waals surface area contributed by atoms with E-state index in [1.807, 2.05) is 53.9 Å². The van der Waals surface area contributed by atoms with Crippen molar-refractivity contribution in [2.75, 3.05) is 18.1 Å². The van der Waals surface area contributed by atoms with E-state index >= 15 is 0 Å². The number of benzene rings is 1. The average molecular weight is 411 g/mol. The summed E-state index contributed by atoms with van der Waals surface area (Å²) in [6.07, 6.45) is 3.56. The Bertz CT molecular complexity index is 666. The highest BCUT2D eigenvalue weighted by Crippen LogP contribution is 2.64. The second-order valence-corrected chi connectivity index (χ2v) is 11.8. The molecule has 1 aliphatic heterocycles. The molecule has 3 rings (SSSR count). The highest BCUT2D eigenvalue weighted by atomic mass is 35.5. The average Bonchev–Trinajstić information content (AvgIpc) is 2.90. The molecular formula is C21H27ClO2S2. The molecule has 2 aliphatic rings. The summed E-state index contributed by atoms with van der Waals surface area (Å²) in [6.45, 7) is 6.95. The minimum Gasteiger partial charge on any atom is -0.461 e. The number of esters is 1. The summed E-state index contributed by atoms with van der Waals surface area (Å²) in [4.78, 5) is 12.5. The van der Waals surface area contributed by atoms with Crippen LogP contribution in [-0.2, 0) is 16.0 Å². The molecule has 2 atom stereocenters. The molecular weight excluding hydrogens is 384 g/mol. The molecule has 0 bridgehead atoms. The second kappa shape index (κ2) is 8.20. The molecule has 1 heterocycles. The van der Waals surface area contributed by atoms with Gasteiger partial charge in [-0.1, -0.05) is 55.8 Å². The number of rotatable bonds is 7. The first-order valence-corrected chi connectivity index (χ1v) is 11.5. The van der Waals surface area contributed by atoms with Gasteiger partial charge >= 0.3 is 5.97 Å². The molecule has 2 nitrogen and oxygen atoms in total. The predicted octanol–water partition coefficient (Wildman–Crippen LogP) is 5.75. The molecule has 0 aromatic heterocycles. The number of halogens is 1. The summed E-state index contributed by atoms with van der Waals surface area (Å²) in [6, 6.07) is 10.1. The molecule has 2 fully saturated rings. The maximum Gasteiger partial charge on any atom is 0.310 e. The number of hydrogen-bond acceptors (Lipinski definition) is 4. The Hall–Kier alpha value is -0.580. The maximum absolute atomic E-state index is 12.5. The predicted molar refractivity (Wildman–Crippen MR) is 114 cm³/mol. The number of thioether (sulfide) groups is 2. The van der Waals surface area contributed by atoms with Gasteiger partial charge < -0.3 is 4.74 Å². The summed E-state index contributed by atoms with van der Waals surface area (Å²) < 4.78 is 5.78. The molecule has 26 heavy (non-hydrogen) atoms. The van der Waals surface area contributed by atoms with Crippen molar-refractivity contribution in [1.29, 1.82) is 0 Å². The molecule has 0 spiro atoms. The summed E-state index contributed by atoms with van der Waals surface area (Å²) in [7, 11) is 0. The van der Waals surface area contributed by atoms with Gasteiger partial charge in [-0.2, -0.15) is 0 Å². The van der Waals surface area contributed by atoms with Crippen molar-refractivity contribution >= 4 is 41.1 Å². The third kappa shape index (κ3) is 4.82. The number of hydrogen-bond donors (Lipinski definition) is 0. The van der Waals surface area contributed by atoms with Crippen LogP contribution in [0, 0.1) is 17.3 Å². The lowest BCUT2D eigenvalue weighted by Gasteiger charge is -2.22. The van der Waals surface area contributed by atoms with Crippen LogP contribution in [0.4, 0.5) is 0 Å². The highest BCUT2D eigenvalue weighted by Gasteiger charge is 2.63. The molecule has 5 heteroatoms. The Morgan fingerprint density at radius 2 is 1.88 bits per heavy atom. The molecule has 1 saturated heterocycles. The van der Waals surface area contributed by atoms with Gasteiger partial charge in [0.05, 0.1) is 10.00 Å². The maximum atomic E-state index is 12.5. The van der Waals surface area contributed by atoms with Crippen LogP contribution in [0.1, 0.15) is 32.8 Å². The number of carbonyl (C=O) groups excluding carboxylic acids is 1. The van der Waals surface area contributed by atoms with Crippen molar-refractivity contribution in [3.05, 3.63) is 47.0 Å². The first kappa shape index (κ1) is 20.2. The van der Waals surface area contributed by atoms with Crippen molar-refractivity contribution in [3.63, 3.8) is 0 Å². The van der Waals surface area contributed by atoms with Crippen molar-refractivity contribution in [2.24, 2.45) is 17.3 Å². The molecule has 0 radical (unpaired) electrons. The summed E-state index contributed by atoms with van der Waals surface area (Å²) in [5, 5.41) is 0.710. The Labute approximate surface area is 170 Å². The van der Waals surface area contributed by atoms with E-state index in [0.29, 0.717) is 17.4 Å². The third-order valence-electron chi connectivity index (χ3n) is 5.54. The van der Waals surface area contributed by atoms with E-state index in [-0.39, 0.29) is 28.0 Å². The highest BCUT2D eigenvalue weighted by molar-refractivity contribution is 8.21. The van der Waals surface area contributed by atoms with Crippen molar-refractivity contribution < 1.29 is 9.53 Å². The van der Waals surface area contributed by atoms with E-state index in [9.17, 15) is 4.79 Å². The topological polar surface area (TPSA) is 26.3 Å². The van der Waals surface area contributed by atoms with Gasteiger partial charge in [-0.05, 0) is 36.3 Å². The number of carbonyl (C=O) groups is 1. The SMILES string of the molecule is CC1(CC2C(C(=O)OC/C=C(\Cl)Cc3ccccc3)C2(C)C)SCCS1. The molecule has 1 aromatic rings. The standard InChI is InChI=1S/C21H27ClO2S2/c1-20(2)17(14-21(3)25-11-12-26-21)18(20)19(23)24-10-9-16(22)13-15-7-5-4-6-8-15/h4-9,17-18H,10-14H2,1-3H3/b16-9-. The molecule has 1 aliphatic carbocycles. The van der Waals surface area contributed by atoms with Crippen LogP contribution in [0.3, 0.4) is 0 Å². The Balaban J connectivity index is 1.48. The van der Waals surface area contributed by atoms with Crippen molar-refractivity contribution in [2.45, 2.75) is 37.7 Å². The lowest BCUT2D eigenvalue weighted by Crippen LogP contribution is -2.15. The monoisotopic (exact) mass is 410 g/mol. The summed E-state index contributed by atoms with van der Waals surface area (Å²) >= 11 is 10.3. The van der Waals surface area contributed by atoms with E-state index in [4.69, 9.17) is 16.3 Å². The van der Waals surface area contributed by atoms with Gasteiger partial charge in [-0.3, -0.25) is 4.79 Å². The fraction of sp³-hybridized carbons (Fsp3) is 0.571. The fourth-order valence-electron chi connectivity index (χ4n) is 3.83. The third-order valence-corrected chi connectivity index (χ3v) is 9.16. The molecule has 142 valence electrons. The van der Waals surface area contributed by atoms with Crippen LogP contribution < -0.4 is 0 Å². The number of ether oxygens (including phenoxy) is 1. The number of allylic oxidation sites excluding steroid dienone is 1. The van der Waals surface area contributed by atoms with Gasteiger partial charge in [-0.15, -0.1) is 23.5 Å². The van der Waals surface area contributed by atoms with Crippen LogP contribution >= 0.6 is 35.1 Å². The van der Waals surface area contributed by atoms with Crippen LogP contribution in [0.5, 0.6) is 0 Å². The zero-order chi connectivity index (χ0) is 18.8. The summed E-state index contributed by atoms with van der Waals surface area (Å²) in [5.41, 5.74) is 1.20. The quantitative estimate of drug-likeness (QED) is 0.534. The fourth-order valence-corrected chi connectivity index (χ4v) is 7.01. The van der Waals surface area contributed by atoms with Gasteiger partial charge in [0.1, 0.15) is 6.61 Å². The van der Waals surface area contributed by atoms with Crippen LogP contribution in [0.15, 0.2) is 41.4 Å². The van der Waals surface area contributed by atoms with E-state index in [2.05, 4.69) is 20.8 Å². The Kier molecular flexibility index (Phi) is 6.36. The Morgan fingerprint density at radius 3 is 2.54 bits per heavy atom. The molecule has 1 aromatic carbocycles. The van der Waals surface area contributed by atoms with Gasteiger partial charge in [-0.25, -0.2) is 0 Å². The van der Waals surface area contributed by atoms with Crippen LogP contribution in [-0.4, -0.2) is 28.2 Å². The van der Waals surface area contributed by atoms with Crippen LogP contribution in [0.25, 0.3) is 0 Å². The smallest absolute Gasteiger partial charge is 0.310 e. The lowest BCUT2D eigenvalue weighted by atomic mass is 10.1. The van der Waals surface area contributed by atoms with E-state index in [0.717, 1.165) is 12.0 Å². The minimum absolute atomic E-state index is 0.0161. The Morgan fingerprint density at radius 1 is 1.23 bits per heavy atom. The molecule has 2 unspecified atom stereocenters. The second-order valence-electron chi connectivity index (χ2n) is 7.88. The van der Waals surface area contributed by atoms with Gasteiger partial charge in [0, 0.05) is 23.0 Å². The lowest BCUT2D eigenvalue weighted by molar-refractivity contribution is -0.145. The van der Waals surface area contributed by atoms with E-state index in [1.54, 1.807) is 6.08 Å². The van der Waals surface area contributed by atoms with Crippen LogP contribution in [0.2, 0.25) is 0 Å². The summed E-state index contributed by atoms with van der Waals surface area (Å²) in [5.74, 6) is 2.80. The molecule has 0 amide bonds.